The number of hydrogen-bond donors (Lipinski definition) is 2. The van der Waals surface area contributed by atoms with Gasteiger partial charge in [-0.05, 0) is 37.1 Å². The number of amides is 2. The lowest BCUT2D eigenvalue weighted by molar-refractivity contribution is -0.149. The predicted octanol–water partition coefficient (Wildman–Crippen LogP) is 1.82. The van der Waals surface area contributed by atoms with Gasteiger partial charge in [-0.1, -0.05) is 12.5 Å². The van der Waals surface area contributed by atoms with E-state index in [-0.39, 0.29) is 43.2 Å². The van der Waals surface area contributed by atoms with E-state index in [0.29, 0.717) is 32.6 Å². The van der Waals surface area contributed by atoms with Gasteiger partial charge in [0.25, 0.3) is 0 Å². The highest BCUT2D eigenvalue weighted by Crippen LogP contribution is 2.48. The topological polar surface area (TPSA) is 90.0 Å². The van der Waals surface area contributed by atoms with Gasteiger partial charge in [0, 0.05) is 24.5 Å². The number of carboxylic acids is 1. The molecule has 1 aliphatic heterocycles. The summed E-state index contributed by atoms with van der Waals surface area (Å²) in [4.78, 5) is 41.1. The smallest absolute Gasteiger partial charge is 0.311 e. The molecule has 1 saturated heterocycles. The molecule has 3 rings (SSSR count). The number of carboxylic acid groups (broad SMARTS) is 1. The maximum absolute atomic E-state index is 12.7. The molecule has 28 heavy (non-hydrogen) atoms. The number of aliphatic carboxylic acids is 1. The first-order valence-electron chi connectivity index (χ1n) is 9.47. The Hall–Kier alpha value is -1.64. The third kappa shape index (κ3) is 4.85. The molecule has 2 N–H and O–H groups in total. The molecular formula is C19H28ClN3O4S. The fourth-order valence-electron chi connectivity index (χ4n) is 4.36. The van der Waals surface area contributed by atoms with Crippen LogP contribution in [0.2, 0.25) is 0 Å². The maximum Gasteiger partial charge on any atom is 0.311 e. The molecule has 1 aromatic heterocycles. The standard InChI is InChI=1S/C19H27N3O4S.ClH/c1-2-22(11-16(23)20-9-15-6-4-8-27-15)17(24)12-21-10-14-5-3-7-19(14,13-21)18(25)26;/h4,6,8,14H,2-3,5,7,9-13H2,1H3,(H,20,23)(H,25,26);1H/t14-,19+;/m0./s1. The van der Waals surface area contributed by atoms with Crippen molar-refractivity contribution < 1.29 is 19.5 Å². The number of fused-ring (bicyclic) bond motifs is 1. The van der Waals surface area contributed by atoms with Gasteiger partial charge in [-0.3, -0.25) is 19.3 Å². The Morgan fingerprint density at radius 2 is 2.21 bits per heavy atom. The van der Waals surface area contributed by atoms with Gasteiger partial charge < -0.3 is 15.3 Å². The third-order valence-corrected chi connectivity index (χ3v) is 6.71. The van der Waals surface area contributed by atoms with Gasteiger partial charge in [0.1, 0.15) is 0 Å². The van der Waals surface area contributed by atoms with E-state index in [9.17, 15) is 19.5 Å². The molecule has 7 nitrogen and oxygen atoms in total. The molecule has 1 aromatic rings. The minimum atomic E-state index is -0.736. The van der Waals surface area contributed by atoms with E-state index in [1.165, 1.54) is 4.90 Å². The molecule has 0 spiro atoms. The van der Waals surface area contributed by atoms with Crippen LogP contribution in [0.4, 0.5) is 0 Å². The number of thiophene rings is 1. The molecule has 1 aliphatic carbocycles. The summed E-state index contributed by atoms with van der Waals surface area (Å²) < 4.78 is 0. The van der Waals surface area contributed by atoms with E-state index >= 15 is 0 Å². The Balaban J connectivity index is 0.00000280. The summed E-state index contributed by atoms with van der Waals surface area (Å²) in [6.45, 7) is 4.06. The highest BCUT2D eigenvalue weighted by atomic mass is 35.5. The molecule has 156 valence electrons. The van der Waals surface area contributed by atoms with Crippen molar-refractivity contribution in [3.63, 3.8) is 0 Å². The summed E-state index contributed by atoms with van der Waals surface area (Å²) in [5, 5.41) is 14.5. The summed E-state index contributed by atoms with van der Waals surface area (Å²) in [6.07, 6.45) is 2.56. The largest absolute Gasteiger partial charge is 0.481 e. The Morgan fingerprint density at radius 3 is 2.82 bits per heavy atom. The Morgan fingerprint density at radius 1 is 1.43 bits per heavy atom. The minimum Gasteiger partial charge on any atom is -0.481 e. The van der Waals surface area contributed by atoms with Crippen molar-refractivity contribution in [1.82, 2.24) is 15.1 Å². The number of halogens is 1. The molecule has 0 aromatic carbocycles. The number of carbonyl (C=O) groups is 3. The van der Waals surface area contributed by atoms with Crippen LogP contribution in [-0.4, -0.2) is 65.4 Å². The van der Waals surface area contributed by atoms with E-state index in [0.717, 1.165) is 17.7 Å². The van der Waals surface area contributed by atoms with Gasteiger partial charge in [-0.25, -0.2) is 0 Å². The molecule has 2 atom stereocenters. The predicted molar refractivity (Wildman–Crippen MR) is 110 cm³/mol. The molecule has 0 radical (unpaired) electrons. The van der Waals surface area contributed by atoms with Crippen molar-refractivity contribution in [2.45, 2.75) is 32.7 Å². The quantitative estimate of drug-likeness (QED) is 0.657. The SMILES string of the molecule is CCN(CC(=O)NCc1cccs1)C(=O)CN1C[C@@H]2CCC[C@@]2(C(=O)O)C1.Cl. The van der Waals surface area contributed by atoms with Crippen LogP contribution in [0, 0.1) is 11.3 Å². The van der Waals surface area contributed by atoms with E-state index in [4.69, 9.17) is 0 Å². The summed E-state index contributed by atoms with van der Waals surface area (Å²) in [5.74, 6) is -0.907. The fraction of sp³-hybridized carbons (Fsp3) is 0.632. The van der Waals surface area contributed by atoms with E-state index in [1.54, 1.807) is 11.3 Å². The lowest BCUT2D eigenvalue weighted by Gasteiger charge is -2.25. The van der Waals surface area contributed by atoms with Crippen LogP contribution in [0.5, 0.6) is 0 Å². The number of rotatable bonds is 8. The highest BCUT2D eigenvalue weighted by molar-refractivity contribution is 7.09. The second-order valence-electron chi connectivity index (χ2n) is 7.48. The van der Waals surface area contributed by atoms with Crippen molar-refractivity contribution in [2.75, 3.05) is 32.7 Å². The van der Waals surface area contributed by atoms with E-state index in [1.807, 2.05) is 29.3 Å². The van der Waals surface area contributed by atoms with Crippen molar-refractivity contribution in [2.24, 2.45) is 11.3 Å². The summed E-state index contributed by atoms with van der Waals surface area (Å²) in [5.41, 5.74) is -0.685. The first-order valence-corrected chi connectivity index (χ1v) is 10.3. The van der Waals surface area contributed by atoms with Crippen LogP contribution in [0.25, 0.3) is 0 Å². The van der Waals surface area contributed by atoms with Gasteiger partial charge in [0.15, 0.2) is 0 Å². The molecule has 0 unspecified atom stereocenters. The van der Waals surface area contributed by atoms with Crippen LogP contribution in [0.1, 0.15) is 31.1 Å². The van der Waals surface area contributed by atoms with Gasteiger partial charge >= 0.3 is 5.97 Å². The fourth-order valence-corrected chi connectivity index (χ4v) is 5.00. The summed E-state index contributed by atoms with van der Waals surface area (Å²) >= 11 is 1.58. The first-order chi connectivity index (χ1) is 12.9. The lowest BCUT2D eigenvalue weighted by Crippen LogP contribution is -2.45. The zero-order valence-electron chi connectivity index (χ0n) is 16.1. The molecule has 9 heteroatoms. The monoisotopic (exact) mass is 429 g/mol. The maximum atomic E-state index is 12.7. The van der Waals surface area contributed by atoms with Crippen molar-refractivity contribution in [3.05, 3.63) is 22.4 Å². The van der Waals surface area contributed by atoms with Crippen LogP contribution in [0.15, 0.2) is 17.5 Å². The number of carbonyl (C=O) groups excluding carboxylic acids is 2. The lowest BCUT2D eigenvalue weighted by atomic mass is 9.81. The molecule has 2 fully saturated rings. The molecule has 2 amide bonds. The van der Waals surface area contributed by atoms with E-state index < -0.39 is 11.4 Å². The van der Waals surface area contributed by atoms with Crippen molar-refractivity contribution in [1.29, 1.82) is 0 Å². The van der Waals surface area contributed by atoms with Crippen LogP contribution >= 0.6 is 23.7 Å². The number of likely N-dealkylation sites (tertiary alicyclic amines) is 1. The Kier molecular flexibility index (Phi) is 7.86. The minimum absolute atomic E-state index is 0. The molecule has 1 saturated carbocycles. The average Bonchev–Trinajstić information content (AvgIpc) is 3.33. The Bertz CT molecular complexity index is 699. The number of hydrogen-bond acceptors (Lipinski definition) is 5. The van der Waals surface area contributed by atoms with Gasteiger partial charge in [-0.15, -0.1) is 23.7 Å². The Labute approximate surface area is 175 Å². The van der Waals surface area contributed by atoms with Crippen LogP contribution in [0.3, 0.4) is 0 Å². The number of likely N-dealkylation sites (N-methyl/N-ethyl adjacent to an activating group) is 1. The second-order valence-corrected chi connectivity index (χ2v) is 8.52. The number of nitrogens with zero attached hydrogens (tertiary/aromatic N) is 2. The van der Waals surface area contributed by atoms with E-state index in [2.05, 4.69) is 5.32 Å². The second kappa shape index (κ2) is 9.71. The molecular weight excluding hydrogens is 402 g/mol. The van der Waals surface area contributed by atoms with Crippen molar-refractivity contribution in [3.8, 4) is 0 Å². The molecule has 2 aliphatic rings. The first kappa shape index (κ1) is 22.6. The van der Waals surface area contributed by atoms with Crippen LogP contribution < -0.4 is 5.32 Å². The molecule has 0 bridgehead atoms. The van der Waals surface area contributed by atoms with Gasteiger partial charge in [-0.2, -0.15) is 0 Å². The van der Waals surface area contributed by atoms with Crippen LogP contribution in [-0.2, 0) is 20.9 Å². The highest BCUT2D eigenvalue weighted by Gasteiger charge is 2.54. The molecule has 2 heterocycles. The third-order valence-electron chi connectivity index (χ3n) is 5.83. The zero-order chi connectivity index (χ0) is 19.4. The number of nitrogens with one attached hydrogen (secondary N) is 1. The van der Waals surface area contributed by atoms with Gasteiger partial charge in [0.2, 0.25) is 11.8 Å². The van der Waals surface area contributed by atoms with Gasteiger partial charge in [0.05, 0.1) is 25.0 Å². The summed E-state index contributed by atoms with van der Waals surface area (Å²) in [7, 11) is 0. The summed E-state index contributed by atoms with van der Waals surface area (Å²) in [6, 6.07) is 3.89. The average molecular weight is 430 g/mol. The zero-order valence-corrected chi connectivity index (χ0v) is 17.7. The van der Waals surface area contributed by atoms with Crippen molar-refractivity contribution >= 4 is 41.5 Å². The normalized spacial score (nSPS) is 23.7.